The van der Waals surface area contributed by atoms with Crippen molar-refractivity contribution in [1.29, 1.82) is 0 Å². The Kier molecular flexibility index (Phi) is 6.26. The van der Waals surface area contributed by atoms with E-state index in [9.17, 15) is 29.1 Å². The predicted octanol–water partition coefficient (Wildman–Crippen LogP) is 4.91. The van der Waals surface area contributed by atoms with Crippen molar-refractivity contribution in [3.63, 3.8) is 0 Å². The summed E-state index contributed by atoms with van der Waals surface area (Å²) in [7, 11) is 0. The van der Waals surface area contributed by atoms with E-state index < -0.39 is 42.5 Å². The maximum Gasteiger partial charge on any atom is 0.200 e. The molecule has 35 heavy (non-hydrogen) atoms. The number of carbonyl (C=O) groups is 3. The van der Waals surface area contributed by atoms with Gasteiger partial charge in [0.05, 0.1) is 16.7 Å². The van der Waals surface area contributed by atoms with Crippen molar-refractivity contribution in [2.75, 3.05) is 13.3 Å². The molecule has 0 spiro atoms. The Bertz CT molecular complexity index is 1380. The lowest BCUT2D eigenvalue weighted by molar-refractivity contribution is -0.121. The summed E-state index contributed by atoms with van der Waals surface area (Å²) >= 11 is 0. The fourth-order valence-corrected chi connectivity index (χ4v) is 4.94. The molecule has 0 heterocycles. The van der Waals surface area contributed by atoms with Gasteiger partial charge in [0.25, 0.3) is 0 Å². The number of fused-ring (bicyclic) bond motifs is 3. The number of hydrogen-bond acceptors (Lipinski definition) is 11. The Morgan fingerprint density at radius 3 is 2.46 bits per heavy atom. The van der Waals surface area contributed by atoms with Crippen LogP contribution in [0.15, 0.2) is 38.8 Å². The van der Waals surface area contributed by atoms with Gasteiger partial charge in [0.2, 0.25) is 5.78 Å². The van der Waals surface area contributed by atoms with Crippen LogP contribution < -0.4 is 4.74 Å². The molecule has 0 radical (unpaired) electrons. The summed E-state index contributed by atoms with van der Waals surface area (Å²) in [6.45, 7) is 0.678. The highest BCUT2D eigenvalue weighted by molar-refractivity contribution is 6.32. The van der Waals surface area contributed by atoms with E-state index in [-0.39, 0.29) is 63.3 Å². The molecule has 0 aliphatic heterocycles. The Balaban J connectivity index is 1.97. The molecule has 2 aliphatic carbocycles. The molecular weight excluding hydrogens is 460 g/mol. The summed E-state index contributed by atoms with van der Waals surface area (Å²) in [4.78, 5) is 76.7. The van der Waals surface area contributed by atoms with Crippen molar-refractivity contribution in [2.24, 2.45) is 26.6 Å². The van der Waals surface area contributed by atoms with E-state index in [0.717, 1.165) is 0 Å². The molecule has 0 amide bonds. The third-order valence-corrected chi connectivity index (χ3v) is 6.32. The summed E-state index contributed by atoms with van der Waals surface area (Å²) in [6.07, 6.45) is 0.161. The number of hydrogen-bond donors (Lipinski definition) is 0. The van der Waals surface area contributed by atoms with E-state index in [1.54, 1.807) is 6.92 Å². The molecule has 4 rings (SSSR count). The van der Waals surface area contributed by atoms with Crippen LogP contribution in [-0.2, 0) is 11.2 Å². The quantitative estimate of drug-likeness (QED) is 0.190. The molecule has 0 saturated heterocycles. The first kappa shape index (κ1) is 23.5. The van der Waals surface area contributed by atoms with Crippen LogP contribution in [0, 0.1) is 20.6 Å². The first-order chi connectivity index (χ1) is 16.9. The molecule has 0 bridgehead atoms. The first-order valence-electron chi connectivity index (χ1n) is 10.5. The van der Waals surface area contributed by atoms with Crippen molar-refractivity contribution in [3.8, 4) is 5.75 Å². The lowest BCUT2D eigenvalue weighted by Gasteiger charge is -2.32. The van der Waals surface area contributed by atoms with Crippen molar-refractivity contribution < 1.29 is 19.1 Å². The van der Waals surface area contributed by atoms with Gasteiger partial charge in [-0.1, -0.05) is 29.3 Å². The second-order valence-electron chi connectivity index (χ2n) is 8.15. The van der Waals surface area contributed by atoms with Gasteiger partial charge >= 0.3 is 0 Å². The van der Waals surface area contributed by atoms with Crippen LogP contribution in [-0.4, -0.2) is 30.6 Å². The third kappa shape index (κ3) is 3.67. The Labute approximate surface area is 196 Å². The number of ketones is 3. The number of azide groups is 1. The fraction of sp³-hybridized carbons (Fsp3) is 0.318. The van der Waals surface area contributed by atoms with Gasteiger partial charge in [0.15, 0.2) is 18.3 Å². The highest BCUT2D eigenvalue weighted by Gasteiger charge is 2.43. The average Bonchev–Trinajstić information content (AvgIpc) is 2.85. The van der Waals surface area contributed by atoms with E-state index >= 15 is 0 Å². The topological polar surface area (TPSA) is 197 Å². The Morgan fingerprint density at radius 1 is 1.09 bits per heavy atom. The molecule has 13 heteroatoms. The lowest BCUT2D eigenvalue weighted by atomic mass is 9.70. The van der Waals surface area contributed by atoms with Crippen LogP contribution >= 0.6 is 0 Å². The van der Waals surface area contributed by atoms with Crippen LogP contribution in [0.25, 0.3) is 10.4 Å². The summed E-state index contributed by atoms with van der Waals surface area (Å²) in [5.74, 6) is -3.21. The SMILES string of the molecule is C[C@H]1C[C@H](C(=O)CN=O)Cc2c(N=O)c3c(c(N=O)c21)C(=O)c1c(OCN=[N+]=[N-])cccc1C3=O. The highest BCUT2D eigenvalue weighted by Crippen LogP contribution is 2.51. The second kappa shape index (κ2) is 9.31. The number of benzene rings is 2. The number of rotatable bonds is 8. The molecule has 0 fully saturated rings. The van der Waals surface area contributed by atoms with Gasteiger partial charge in [-0.3, -0.25) is 14.4 Å². The normalized spacial score (nSPS) is 17.9. The third-order valence-electron chi connectivity index (χ3n) is 6.32. The first-order valence-corrected chi connectivity index (χ1v) is 10.5. The molecular formula is C22H16N6O7. The number of nitrogens with zero attached hydrogens (tertiary/aromatic N) is 6. The standard InChI is InChI=1S/C22H16N6O7/c1-9-5-10(13(29)7-25-32)6-12-15(9)20(27-34)18-17(19(12)26-33)21(30)11-3-2-4-14(16(11)22(18)31)35-8-24-28-23/h2-4,9-10H,5-8H2,1H3/t9-,10-/m0/s1. The van der Waals surface area contributed by atoms with E-state index in [2.05, 4.69) is 25.6 Å². The molecule has 0 saturated carbocycles. The highest BCUT2D eigenvalue weighted by atomic mass is 16.5. The van der Waals surface area contributed by atoms with Gasteiger partial charge in [-0.25, -0.2) is 0 Å². The van der Waals surface area contributed by atoms with E-state index in [1.165, 1.54) is 18.2 Å². The summed E-state index contributed by atoms with van der Waals surface area (Å²) in [5.41, 5.74) is 7.29. The molecule has 2 aromatic rings. The monoisotopic (exact) mass is 476 g/mol. The van der Waals surface area contributed by atoms with E-state index in [0.29, 0.717) is 0 Å². The van der Waals surface area contributed by atoms with Crippen molar-refractivity contribution in [3.05, 3.63) is 76.7 Å². The largest absolute Gasteiger partial charge is 0.487 e. The molecule has 0 N–H and O–H groups in total. The Morgan fingerprint density at radius 2 is 1.80 bits per heavy atom. The molecule has 2 aromatic carbocycles. The Hall–Kier alpha value is -4.64. The summed E-state index contributed by atoms with van der Waals surface area (Å²) in [5, 5.41) is 12.0. The summed E-state index contributed by atoms with van der Waals surface area (Å²) < 4.78 is 5.35. The van der Waals surface area contributed by atoms with Crippen molar-refractivity contribution in [2.45, 2.75) is 25.7 Å². The zero-order valence-corrected chi connectivity index (χ0v) is 18.3. The smallest absolute Gasteiger partial charge is 0.200 e. The average molecular weight is 476 g/mol. The molecule has 0 unspecified atom stereocenters. The molecule has 2 atom stereocenters. The maximum atomic E-state index is 13.6. The number of ether oxygens (including phenoxy) is 1. The van der Waals surface area contributed by atoms with Gasteiger partial charge in [-0.2, -0.15) is 4.91 Å². The predicted molar refractivity (Wildman–Crippen MR) is 121 cm³/mol. The molecule has 2 aliphatic rings. The summed E-state index contributed by atoms with van der Waals surface area (Å²) in [6, 6.07) is 4.19. The second-order valence-corrected chi connectivity index (χ2v) is 8.15. The zero-order valence-electron chi connectivity index (χ0n) is 18.3. The molecule has 176 valence electrons. The minimum Gasteiger partial charge on any atom is -0.487 e. The van der Waals surface area contributed by atoms with Gasteiger partial charge in [0, 0.05) is 16.4 Å². The van der Waals surface area contributed by atoms with Gasteiger partial charge in [-0.15, -0.1) is 9.81 Å². The number of nitroso groups, excluding NO2 is 3. The van der Waals surface area contributed by atoms with Crippen LogP contribution in [0.5, 0.6) is 5.75 Å². The van der Waals surface area contributed by atoms with Crippen LogP contribution in [0.2, 0.25) is 0 Å². The van der Waals surface area contributed by atoms with Gasteiger partial charge in [0.1, 0.15) is 23.7 Å². The lowest BCUT2D eigenvalue weighted by Crippen LogP contribution is -2.29. The van der Waals surface area contributed by atoms with Crippen molar-refractivity contribution >= 4 is 28.7 Å². The zero-order chi connectivity index (χ0) is 25.3. The van der Waals surface area contributed by atoms with E-state index in [1.807, 2.05) is 0 Å². The van der Waals surface area contributed by atoms with Gasteiger partial charge in [-0.05, 0) is 51.8 Å². The minimum absolute atomic E-state index is 0.0471. The van der Waals surface area contributed by atoms with Crippen LogP contribution in [0.3, 0.4) is 0 Å². The maximum absolute atomic E-state index is 13.6. The van der Waals surface area contributed by atoms with Crippen LogP contribution in [0.1, 0.15) is 62.2 Å². The number of Topliss-reactive ketones (excluding diaryl/α,β-unsaturated/α-hetero) is 1. The fourth-order valence-electron chi connectivity index (χ4n) is 4.94. The van der Waals surface area contributed by atoms with E-state index in [4.69, 9.17) is 10.3 Å². The van der Waals surface area contributed by atoms with Crippen molar-refractivity contribution in [1.82, 2.24) is 0 Å². The molecule has 0 aromatic heterocycles. The molecule has 13 nitrogen and oxygen atoms in total. The van der Waals surface area contributed by atoms with Gasteiger partial charge < -0.3 is 4.74 Å². The minimum atomic E-state index is -0.774. The number of carbonyl (C=O) groups excluding carboxylic acids is 3. The van der Waals surface area contributed by atoms with Crippen LogP contribution in [0.4, 0.5) is 11.4 Å².